The lowest BCUT2D eigenvalue weighted by atomic mass is 9.96. The second-order valence-electron chi connectivity index (χ2n) is 6.86. The topological polar surface area (TPSA) is 46.6 Å². The van der Waals surface area contributed by atoms with Crippen molar-refractivity contribution in [3.63, 3.8) is 0 Å². The van der Waals surface area contributed by atoms with Gasteiger partial charge in [-0.1, -0.05) is 6.42 Å². The van der Waals surface area contributed by atoms with E-state index in [1.54, 1.807) is 6.07 Å². The van der Waals surface area contributed by atoms with Gasteiger partial charge in [-0.15, -0.1) is 0 Å². The predicted octanol–water partition coefficient (Wildman–Crippen LogP) is 3.40. The fourth-order valence-electron chi connectivity index (χ4n) is 3.58. The molecule has 1 amide bonds. The molecule has 0 saturated carbocycles. The van der Waals surface area contributed by atoms with Crippen LogP contribution in [0.4, 0.5) is 8.78 Å². The normalized spacial score (nSPS) is 19.7. The first-order chi connectivity index (χ1) is 11.9. The fraction of sp³-hybridized carbons (Fsp3) is 0.579. The van der Waals surface area contributed by atoms with Crippen LogP contribution in [-0.2, 0) is 17.6 Å². The molecule has 136 valence electrons. The van der Waals surface area contributed by atoms with E-state index < -0.39 is 30.5 Å². The number of amides is 1. The van der Waals surface area contributed by atoms with Gasteiger partial charge < -0.3 is 9.64 Å². The molecule has 1 aromatic rings. The molecule has 0 atom stereocenters. The van der Waals surface area contributed by atoms with Gasteiger partial charge in [0.1, 0.15) is 5.75 Å². The van der Waals surface area contributed by atoms with Crippen LogP contribution in [0.3, 0.4) is 0 Å². The van der Waals surface area contributed by atoms with Crippen LogP contribution in [0.15, 0.2) is 12.1 Å². The number of halogens is 2. The van der Waals surface area contributed by atoms with E-state index in [1.807, 2.05) is 6.07 Å². The van der Waals surface area contributed by atoms with Crippen molar-refractivity contribution in [3.05, 3.63) is 28.8 Å². The first-order valence-electron chi connectivity index (χ1n) is 8.82. The maximum Gasteiger partial charge on any atom is 0.295 e. The summed E-state index contributed by atoms with van der Waals surface area (Å²) in [5.74, 6) is -3.75. The Hall–Kier alpha value is -1.98. The zero-order valence-electron chi connectivity index (χ0n) is 14.4. The van der Waals surface area contributed by atoms with Gasteiger partial charge in [0.15, 0.2) is 0 Å². The monoisotopic (exact) mass is 351 g/mol. The molecule has 0 spiro atoms. The summed E-state index contributed by atoms with van der Waals surface area (Å²) >= 11 is 0. The van der Waals surface area contributed by atoms with Crippen molar-refractivity contribution in [1.29, 1.82) is 0 Å². The Balaban J connectivity index is 1.83. The molecular weight excluding hydrogens is 328 g/mol. The van der Waals surface area contributed by atoms with E-state index in [-0.39, 0.29) is 18.7 Å². The van der Waals surface area contributed by atoms with Crippen LogP contribution in [0.1, 0.15) is 53.6 Å². The second kappa shape index (κ2) is 7.10. The lowest BCUT2D eigenvalue weighted by Crippen LogP contribution is -2.45. The Morgan fingerprint density at radius 3 is 2.24 bits per heavy atom. The molecular formula is C19H23F2NO3. The Labute approximate surface area is 146 Å². The fourth-order valence-corrected chi connectivity index (χ4v) is 3.58. The number of alkyl halides is 2. The van der Waals surface area contributed by atoms with E-state index in [4.69, 9.17) is 4.74 Å². The van der Waals surface area contributed by atoms with Gasteiger partial charge >= 0.3 is 0 Å². The van der Waals surface area contributed by atoms with E-state index >= 15 is 0 Å². The second-order valence-corrected chi connectivity index (χ2v) is 6.86. The van der Waals surface area contributed by atoms with Gasteiger partial charge in [0.25, 0.3) is 17.6 Å². The number of nitrogens with zero attached hydrogens (tertiary/aromatic N) is 1. The smallest absolute Gasteiger partial charge is 0.295 e. The summed E-state index contributed by atoms with van der Waals surface area (Å²) in [6.07, 6.45) is 4.33. The highest BCUT2D eigenvalue weighted by Gasteiger charge is 2.37. The third-order valence-corrected chi connectivity index (χ3v) is 5.13. The van der Waals surface area contributed by atoms with Crippen LogP contribution in [-0.4, -0.2) is 42.7 Å². The summed E-state index contributed by atoms with van der Waals surface area (Å²) in [6, 6.07) is 3.61. The lowest BCUT2D eigenvalue weighted by Gasteiger charge is -2.31. The summed E-state index contributed by atoms with van der Waals surface area (Å²) in [4.78, 5) is 26.4. The molecule has 2 aliphatic rings. The number of fused-ring (bicyclic) bond motifs is 1. The molecule has 0 aromatic heterocycles. The van der Waals surface area contributed by atoms with Crippen LogP contribution in [0.5, 0.6) is 5.75 Å². The number of piperidine rings is 1. The first-order valence-corrected chi connectivity index (χ1v) is 8.82. The lowest BCUT2D eigenvalue weighted by molar-refractivity contribution is -0.132. The van der Waals surface area contributed by atoms with E-state index in [9.17, 15) is 18.4 Å². The van der Waals surface area contributed by atoms with Crippen molar-refractivity contribution in [2.45, 2.75) is 50.9 Å². The van der Waals surface area contributed by atoms with Gasteiger partial charge in [-0.2, -0.15) is 0 Å². The number of ketones is 1. The number of ether oxygens (including phenoxy) is 1. The summed E-state index contributed by atoms with van der Waals surface area (Å²) in [7, 11) is 1.47. The first kappa shape index (κ1) is 17.8. The number of carbonyl (C=O) groups is 2. The molecule has 0 radical (unpaired) electrons. The maximum absolute atomic E-state index is 13.3. The molecule has 1 fully saturated rings. The molecule has 0 bridgehead atoms. The number of likely N-dealkylation sites (tertiary alicyclic amines) is 1. The molecule has 1 heterocycles. The Kier molecular flexibility index (Phi) is 5.06. The molecule has 4 nitrogen and oxygen atoms in total. The van der Waals surface area contributed by atoms with Crippen LogP contribution < -0.4 is 4.74 Å². The number of benzene rings is 1. The van der Waals surface area contributed by atoms with E-state index in [2.05, 4.69) is 0 Å². The summed E-state index contributed by atoms with van der Waals surface area (Å²) in [6.45, 7) is -0.185. The summed E-state index contributed by atoms with van der Waals surface area (Å²) in [5.41, 5.74) is 2.49. The van der Waals surface area contributed by atoms with Gasteiger partial charge in [-0.25, -0.2) is 8.78 Å². The number of carbonyl (C=O) groups excluding carboxylic acids is 2. The van der Waals surface area contributed by atoms with Crippen LogP contribution >= 0.6 is 0 Å². The Morgan fingerprint density at radius 1 is 1.04 bits per heavy atom. The summed E-state index contributed by atoms with van der Waals surface area (Å²) < 4.78 is 31.9. The SMILES string of the molecule is COc1cc2c(cc1C(=O)C(=O)N1CCC(F)(F)CC1)CCCCC2. The molecule has 1 aliphatic carbocycles. The number of methoxy groups -OCH3 is 1. The molecule has 1 aliphatic heterocycles. The van der Waals surface area contributed by atoms with Gasteiger partial charge in [-0.05, 0) is 48.9 Å². The highest BCUT2D eigenvalue weighted by molar-refractivity contribution is 6.43. The Morgan fingerprint density at radius 2 is 1.64 bits per heavy atom. The van der Waals surface area contributed by atoms with Crippen molar-refractivity contribution < 1.29 is 23.1 Å². The molecule has 0 unspecified atom stereocenters. The largest absolute Gasteiger partial charge is 0.496 e. The van der Waals surface area contributed by atoms with Crippen molar-refractivity contribution in [2.75, 3.05) is 20.2 Å². The van der Waals surface area contributed by atoms with Crippen LogP contribution in [0.2, 0.25) is 0 Å². The average molecular weight is 351 g/mol. The van der Waals surface area contributed by atoms with Crippen molar-refractivity contribution in [1.82, 2.24) is 4.90 Å². The molecule has 6 heteroatoms. The Bertz CT molecular complexity index is 677. The van der Waals surface area contributed by atoms with Crippen LogP contribution in [0.25, 0.3) is 0 Å². The third kappa shape index (κ3) is 3.83. The minimum atomic E-state index is -2.75. The van der Waals surface area contributed by atoms with Crippen LogP contribution in [0, 0.1) is 0 Å². The van der Waals surface area contributed by atoms with Crippen molar-refractivity contribution in [3.8, 4) is 5.75 Å². The van der Waals surface area contributed by atoms with E-state index in [1.165, 1.54) is 12.0 Å². The number of aryl methyl sites for hydroxylation is 2. The average Bonchev–Trinajstić information content (AvgIpc) is 2.84. The molecule has 0 N–H and O–H groups in total. The van der Waals surface area contributed by atoms with Gasteiger partial charge in [0, 0.05) is 25.9 Å². The third-order valence-electron chi connectivity index (χ3n) is 5.13. The van der Waals surface area contributed by atoms with Crippen molar-refractivity contribution >= 4 is 11.7 Å². The standard InChI is InChI=1S/C19H23F2NO3/c1-25-16-12-14-6-4-2-3-5-13(14)11-15(16)17(23)18(24)22-9-7-19(20,21)8-10-22/h11-12H,2-10H2,1H3. The van der Waals surface area contributed by atoms with E-state index in [0.717, 1.165) is 43.2 Å². The quantitative estimate of drug-likeness (QED) is 0.476. The summed E-state index contributed by atoms with van der Waals surface area (Å²) in [5, 5.41) is 0. The number of hydrogen-bond donors (Lipinski definition) is 0. The number of hydrogen-bond acceptors (Lipinski definition) is 3. The maximum atomic E-state index is 13.3. The highest BCUT2D eigenvalue weighted by atomic mass is 19.3. The highest BCUT2D eigenvalue weighted by Crippen LogP contribution is 2.31. The van der Waals surface area contributed by atoms with E-state index in [0.29, 0.717) is 5.75 Å². The van der Waals surface area contributed by atoms with Gasteiger partial charge in [0.05, 0.1) is 12.7 Å². The van der Waals surface area contributed by atoms with Crippen molar-refractivity contribution in [2.24, 2.45) is 0 Å². The zero-order valence-corrected chi connectivity index (χ0v) is 14.4. The molecule has 1 saturated heterocycles. The minimum absolute atomic E-state index is 0.0924. The van der Waals surface area contributed by atoms with Gasteiger partial charge in [0.2, 0.25) is 0 Å². The predicted molar refractivity (Wildman–Crippen MR) is 89.3 cm³/mol. The number of Topliss-reactive ketones (excluding diaryl/α,β-unsaturated/α-hetero) is 1. The van der Waals surface area contributed by atoms with Gasteiger partial charge in [-0.3, -0.25) is 9.59 Å². The molecule has 1 aromatic carbocycles. The number of rotatable bonds is 3. The molecule has 25 heavy (non-hydrogen) atoms. The molecule has 3 rings (SSSR count). The minimum Gasteiger partial charge on any atom is -0.496 e. The zero-order chi connectivity index (χ0) is 18.0.